The first-order valence-corrected chi connectivity index (χ1v) is 8.71. The Morgan fingerprint density at radius 2 is 1.68 bits per heavy atom. The van der Waals surface area contributed by atoms with Gasteiger partial charge in [0, 0.05) is 12.1 Å². The molecule has 0 radical (unpaired) electrons. The molecule has 1 N–H and O–H groups in total. The predicted octanol–water partition coefficient (Wildman–Crippen LogP) is 3.81. The number of hydrogen-bond acceptors (Lipinski definition) is 2. The summed E-state index contributed by atoms with van der Waals surface area (Å²) in [6.45, 7) is 5.01. The summed E-state index contributed by atoms with van der Waals surface area (Å²) in [6, 6.07) is 1.75. The summed E-state index contributed by atoms with van der Waals surface area (Å²) in [7, 11) is 2.35. The highest BCUT2D eigenvalue weighted by Crippen LogP contribution is 2.27. The molecule has 2 aliphatic carbocycles. The van der Waals surface area contributed by atoms with E-state index in [1.165, 1.54) is 77.3 Å². The molecule has 0 heterocycles. The Kier molecular flexibility index (Phi) is 6.66. The average Bonchev–Trinajstić information content (AvgIpc) is 3.22. The van der Waals surface area contributed by atoms with Crippen LogP contribution in [0.3, 0.4) is 0 Å². The molecular weight excluding hydrogens is 232 g/mol. The van der Waals surface area contributed by atoms with Gasteiger partial charge in [0.2, 0.25) is 0 Å². The van der Waals surface area contributed by atoms with Gasteiger partial charge in [-0.15, -0.1) is 0 Å². The van der Waals surface area contributed by atoms with Gasteiger partial charge in [-0.3, -0.25) is 0 Å². The summed E-state index contributed by atoms with van der Waals surface area (Å²) in [6.07, 6.45) is 14.2. The van der Waals surface area contributed by atoms with E-state index in [2.05, 4.69) is 24.2 Å². The second-order valence-corrected chi connectivity index (χ2v) is 6.95. The zero-order valence-corrected chi connectivity index (χ0v) is 13.2. The zero-order chi connectivity index (χ0) is 13.5. The first kappa shape index (κ1) is 15.3. The van der Waals surface area contributed by atoms with E-state index >= 15 is 0 Å². The molecule has 0 aromatic heterocycles. The van der Waals surface area contributed by atoms with E-state index in [0.717, 1.165) is 18.0 Å². The van der Waals surface area contributed by atoms with Crippen molar-refractivity contribution >= 4 is 0 Å². The molecule has 19 heavy (non-hydrogen) atoms. The van der Waals surface area contributed by atoms with Crippen LogP contribution in [0.25, 0.3) is 0 Å². The molecule has 0 aromatic rings. The van der Waals surface area contributed by atoms with Crippen LogP contribution in [0.2, 0.25) is 0 Å². The summed E-state index contributed by atoms with van der Waals surface area (Å²) in [5.74, 6) is 0.918. The summed E-state index contributed by atoms with van der Waals surface area (Å²) < 4.78 is 0. The van der Waals surface area contributed by atoms with Crippen molar-refractivity contribution in [1.82, 2.24) is 10.2 Å². The van der Waals surface area contributed by atoms with Crippen LogP contribution in [-0.2, 0) is 0 Å². The van der Waals surface area contributed by atoms with Crippen LogP contribution in [0.4, 0.5) is 0 Å². The lowest BCUT2D eigenvalue weighted by Gasteiger charge is -2.36. The number of rotatable bonds is 9. The van der Waals surface area contributed by atoms with Gasteiger partial charge < -0.3 is 10.2 Å². The molecule has 2 heteroatoms. The van der Waals surface area contributed by atoms with Gasteiger partial charge in [-0.25, -0.2) is 0 Å². The van der Waals surface area contributed by atoms with Gasteiger partial charge in [-0.2, -0.15) is 0 Å². The highest BCUT2D eigenvalue weighted by atomic mass is 15.1. The topological polar surface area (TPSA) is 15.3 Å². The van der Waals surface area contributed by atoms with Crippen LogP contribution in [-0.4, -0.2) is 37.1 Å². The Balaban J connectivity index is 1.44. The maximum absolute atomic E-state index is 3.60. The van der Waals surface area contributed by atoms with Crippen molar-refractivity contribution in [1.29, 1.82) is 0 Å². The maximum Gasteiger partial charge on any atom is 0.0118 e. The Hall–Kier alpha value is -0.0800. The summed E-state index contributed by atoms with van der Waals surface area (Å²) in [5.41, 5.74) is 0. The van der Waals surface area contributed by atoms with E-state index in [9.17, 15) is 0 Å². The third-order valence-electron chi connectivity index (χ3n) is 5.08. The fourth-order valence-electron chi connectivity index (χ4n) is 3.55. The Bertz CT molecular complexity index is 237. The molecule has 2 nitrogen and oxygen atoms in total. The second-order valence-electron chi connectivity index (χ2n) is 6.95. The number of unbranched alkanes of at least 4 members (excludes halogenated alkanes) is 3. The highest BCUT2D eigenvalue weighted by molar-refractivity contribution is 4.80. The first-order chi connectivity index (χ1) is 9.27. The van der Waals surface area contributed by atoms with Gasteiger partial charge in [0.1, 0.15) is 0 Å². The minimum absolute atomic E-state index is 0.866. The fourth-order valence-corrected chi connectivity index (χ4v) is 3.55. The van der Waals surface area contributed by atoms with E-state index in [4.69, 9.17) is 0 Å². The summed E-state index contributed by atoms with van der Waals surface area (Å²) in [4.78, 5) is 2.65. The Morgan fingerprint density at radius 3 is 2.42 bits per heavy atom. The monoisotopic (exact) mass is 266 g/mol. The molecule has 2 fully saturated rings. The van der Waals surface area contributed by atoms with E-state index in [1.807, 2.05) is 0 Å². The van der Waals surface area contributed by atoms with Gasteiger partial charge in [0.15, 0.2) is 0 Å². The second kappa shape index (κ2) is 8.26. The van der Waals surface area contributed by atoms with Gasteiger partial charge in [-0.05, 0) is 64.6 Å². The molecule has 0 bridgehead atoms. The standard InChI is InChI=1S/C17H34N2/c1-15-9-5-6-10-17(15)19(2)14-8-4-3-7-13-18-16-11-12-16/h15-18H,3-14H2,1-2H3. The Labute approximate surface area is 120 Å². The molecule has 2 rings (SSSR count). The van der Waals surface area contributed by atoms with Crippen molar-refractivity contribution in [2.24, 2.45) is 5.92 Å². The number of nitrogens with zero attached hydrogens (tertiary/aromatic N) is 1. The molecule has 0 aromatic carbocycles. The molecule has 0 amide bonds. The van der Waals surface area contributed by atoms with Crippen molar-refractivity contribution in [2.45, 2.75) is 83.2 Å². The van der Waals surface area contributed by atoms with Crippen molar-refractivity contribution in [2.75, 3.05) is 20.1 Å². The smallest absolute Gasteiger partial charge is 0.0118 e. The molecule has 112 valence electrons. The molecule has 2 unspecified atom stereocenters. The zero-order valence-electron chi connectivity index (χ0n) is 13.2. The third-order valence-corrected chi connectivity index (χ3v) is 5.08. The third kappa shape index (κ3) is 5.83. The molecule has 2 aliphatic rings. The van der Waals surface area contributed by atoms with Crippen molar-refractivity contribution in [3.63, 3.8) is 0 Å². The molecule has 2 saturated carbocycles. The normalized spacial score (nSPS) is 27.9. The minimum Gasteiger partial charge on any atom is -0.314 e. The fraction of sp³-hybridized carbons (Fsp3) is 1.00. The summed E-state index contributed by atoms with van der Waals surface area (Å²) >= 11 is 0. The number of hydrogen-bond donors (Lipinski definition) is 1. The lowest BCUT2D eigenvalue weighted by atomic mass is 9.85. The van der Waals surface area contributed by atoms with Crippen LogP contribution in [0.5, 0.6) is 0 Å². The van der Waals surface area contributed by atoms with Gasteiger partial charge in [0.05, 0.1) is 0 Å². The van der Waals surface area contributed by atoms with Gasteiger partial charge >= 0.3 is 0 Å². The molecule has 0 spiro atoms. The molecular formula is C17H34N2. The van der Waals surface area contributed by atoms with Crippen LogP contribution >= 0.6 is 0 Å². The summed E-state index contributed by atoms with van der Waals surface area (Å²) in [5, 5.41) is 3.60. The quantitative estimate of drug-likeness (QED) is 0.638. The van der Waals surface area contributed by atoms with Crippen LogP contribution < -0.4 is 5.32 Å². The van der Waals surface area contributed by atoms with Gasteiger partial charge in [0.25, 0.3) is 0 Å². The van der Waals surface area contributed by atoms with Crippen LogP contribution in [0.15, 0.2) is 0 Å². The SMILES string of the molecule is CC1CCCCC1N(C)CCCCCCNC1CC1. The van der Waals surface area contributed by atoms with E-state index in [0.29, 0.717) is 0 Å². The number of nitrogens with one attached hydrogen (secondary N) is 1. The molecule has 2 atom stereocenters. The van der Waals surface area contributed by atoms with Crippen LogP contribution in [0, 0.1) is 5.92 Å². The van der Waals surface area contributed by atoms with Crippen molar-refractivity contribution in [3.8, 4) is 0 Å². The molecule has 0 aliphatic heterocycles. The van der Waals surface area contributed by atoms with Gasteiger partial charge in [-0.1, -0.05) is 32.6 Å². The van der Waals surface area contributed by atoms with E-state index < -0.39 is 0 Å². The average molecular weight is 266 g/mol. The van der Waals surface area contributed by atoms with Crippen molar-refractivity contribution in [3.05, 3.63) is 0 Å². The lowest BCUT2D eigenvalue weighted by Crippen LogP contribution is -2.39. The van der Waals surface area contributed by atoms with Crippen LogP contribution in [0.1, 0.15) is 71.1 Å². The van der Waals surface area contributed by atoms with E-state index in [-0.39, 0.29) is 0 Å². The Morgan fingerprint density at radius 1 is 0.947 bits per heavy atom. The largest absolute Gasteiger partial charge is 0.314 e. The highest BCUT2D eigenvalue weighted by Gasteiger charge is 2.24. The molecule has 0 saturated heterocycles. The van der Waals surface area contributed by atoms with E-state index in [1.54, 1.807) is 0 Å². The van der Waals surface area contributed by atoms with Crippen molar-refractivity contribution < 1.29 is 0 Å². The predicted molar refractivity (Wildman–Crippen MR) is 83.5 cm³/mol. The first-order valence-electron chi connectivity index (χ1n) is 8.71. The maximum atomic E-state index is 3.60. The minimum atomic E-state index is 0.866. The lowest BCUT2D eigenvalue weighted by molar-refractivity contribution is 0.137.